The Bertz CT molecular complexity index is 1570. The minimum Gasteiger partial charge on any atom is -0.347 e. The van der Waals surface area contributed by atoms with Crippen molar-refractivity contribution in [2.45, 2.75) is 26.3 Å². The lowest BCUT2D eigenvalue weighted by Crippen LogP contribution is -2.31. The molecule has 0 aliphatic carbocycles. The van der Waals surface area contributed by atoms with Crippen LogP contribution in [0.5, 0.6) is 0 Å². The van der Waals surface area contributed by atoms with Crippen molar-refractivity contribution in [2.24, 2.45) is 5.73 Å². The van der Waals surface area contributed by atoms with Crippen LogP contribution in [0.25, 0.3) is 44.2 Å². The number of para-hydroxylation sites is 1. The molecule has 0 saturated heterocycles. The number of hydrogen-bond acceptors (Lipinski definition) is 7. The lowest BCUT2D eigenvalue weighted by atomic mass is 10.1. The maximum atomic E-state index is 13.5. The maximum absolute atomic E-state index is 13.5. The summed E-state index contributed by atoms with van der Waals surface area (Å²) in [5, 5.41) is 0.893. The highest BCUT2D eigenvalue weighted by molar-refractivity contribution is 5.97. The quantitative estimate of drug-likeness (QED) is 0.317. The summed E-state index contributed by atoms with van der Waals surface area (Å²) >= 11 is 0. The van der Waals surface area contributed by atoms with E-state index in [9.17, 15) is 9.59 Å². The number of hydrogen-bond donors (Lipinski definition) is 1. The number of carbonyl (C=O) groups is 1. The van der Waals surface area contributed by atoms with E-state index in [4.69, 9.17) is 15.6 Å². The van der Waals surface area contributed by atoms with Gasteiger partial charge >= 0.3 is 11.5 Å². The van der Waals surface area contributed by atoms with Gasteiger partial charge in [0.25, 0.3) is 0 Å². The SMILES string of the molecule is CC(=O)On1c(=O)c(-c2cn(CCCCN)c3ccccc23)nc2cc3nccnc3cc21. The Morgan fingerprint density at radius 3 is 2.55 bits per heavy atom. The molecule has 2 aromatic carbocycles. The average Bonchev–Trinajstić information content (AvgIpc) is 3.18. The van der Waals surface area contributed by atoms with E-state index in [0.29, 0.717) is 34.2 Å². The average molecular weight is 442 g/mol. The highest BCUT2D eigenvalue weighted by atomic mass is 16.7. The fraction of sp³-hybridized carbons (Fsp3) is 0.208. The van der Waals surface area contributed by atoms with Gasteiger partial charge in [0.15, 0.2) is 0 Å². The van der Waals surface area contributed by atoms with Crippen molar-refractivity contribution >= 4 is 38.9 Å². The normalized spacial score (nSPS) is 11.5. The minimum absolute atomic E-state index is 0.195. The lowest BCUT2D eigenvalue weighted by Gasteiger charge is -2.11. The van der Waals surface area contributed by atoms with Gasteiger partial charge in [-0.2, -0.15) is 0 Å². The molecule has 9 heteroatoms. The second-order valence-corrected chi connectivity index (χ2v) is 7.78. The first-order valence-corrected chi connectivity index (χ1v) is 10.7. The molecule has 0 saturated carbocycles. The Morgan fingerprint density at radius 2 is 1.79 bits per heavy atom. The van der Waals surface area contributed by atoms with Crippen LogP contribution >= 0.6 is 0 Å². The van der Waals surface area contributed by atoms with Gasteiger partial charge in [-0.15, -0.1) is 4.73 Å². The summed E-state index contributed by atoms with van der Waals surface area (Å²) in [5.74, 6) is -0.612. The second-order valence-electron chi connectivity index (χ2n) is 7.78. The molecule has 0 unspecified atom stereocenters. The fourth-order valence-electron chi connectivity index (χ4n) is 4.06. The summed E-state index contributed by atoms with van der Waals surface area (Å²) in [6.45, 7) is 2.65. The van der Waals surface area contributed by atoms with Gasteiger partial charge in [0.05, 0.1) is 16.6 Å². The molecule has 3 heterocycles. The summed E-state index contributed by atoms with van der Waals surface area (Å²) in [6.07, 6.45) is 6.90. The van der Waals surface area contributed by atoms with Crippen LogP contribution in [0.3, 0.4) is 0 Å². The number of aryl methyl sites for hydroxylation is 1. The van der Waals surface area contributed by atoms with Crippen LogP contribution < -0.4 is 16.1 Å². The number of fused-ring (bicyclic) bond motifs is 3. The van der Waals surface area contributed by atoms with Gasteiger partial charge in [-0.25, -0.2) is 9.78 Å². The molecular weight excluding hydrogens is 420 g/mol. The third kappa shape index (κ3) is 3.72. The molecule has 0 atom stereocenters. The molecule has 0 bridgehead atoms. The molecule has 9 nitrogen and oxygen atoms in total. The zero-order valence-corrected chi connectivity index (χ0v) is 18.1. The van der Waals surface area contributed by atoms with Crippen molar-refractivity contribution in [1.82, 2.24) is 24.2 Å². The summed E-state index contributed by atoms with van der Waals surface area (Å²) in [4.78, 5) is 44.0. The van der Waals surface area contributed by atoms with Crippen LogP contribution in [-0.2, 0) is 11.3 Å². The van der Waals surface area contributed by atoms with Crippen LogP contribution in [0.4, 0.5) is 0 Å². The number of aromatic nitrogens is 5. The smallest absolute Gasteiger partial charge is 0.330 e. The number of carbonyl (C=O) groups excluding carboxylic acids is 1. The molecule has 0 radical (unpaired) electrons. The Balaban J connectivity index is 1.79. The van der Waals surface area contributed by atoms with Crippen molar-refractivity contribution in [3.8, 4) is 11.3 Å². The first kappa shape index (κ1) is 20.8. The van der Waals surface area contributed by atoms with Gasteiger partial charge in [0, 0.05) is 48.5 Å². The van der Waals surface area contributed by atoms with Gasteiger partial charge in [-0.3, -0.25) is 14.8 Å². The zero-order chi connectivity index (χ0) is 22.9. The molecule has 0 amide bonds. The van der Waals surface area contributed by atoms with Crippen LogP contribution in [-0.4, -0.2) is 36.8 Å². The predicted octanol–water partition coefficient (Wildman–Crippen LogP) is 2.68. The molecule has 166 valence electrons. The van der Waals surface area contributed by atoms with Crippen molar-refractivity contribution in [1.29, 1.82) is 0 Å². The summed E-state index contributed by atoms with van der Waals surface area (Å²) < 4.78 is 3.10. The van der Waals surface area contributed by atoms with Crippen molar-refractivity contribution in [3.63, 3.8) is 0 Å². The molecule has 33 heavy (non-hydrogen) atoms. The molecule has 5 aromatic rings. The Morgan fingerprint density at radius 1 is 1.03 bits per heavy atom. The molecular formula is C24H22N6O3. The van der Waals surface area contributed by atoms with Crippen molar-refractivity contribution < 1.29 is 9.63 Å². The van der Waals surface area contributed by atoms with E-state index in [1.165, 1.54) is 6.92 Å². The van der Waals surface area contributed by atoms with E-state index in [0.717, 1.165) is 35.0 Å². The summed E-state index contributed by atoms with van der Waals surface area (Å²) in [6, 6.07) is 11.2. The van der Waals surface area contributed by atoms with Crippen molar-refractivity contribution in [3.05, 3.63) is 65.3 Å². The fourth-order valence-corrected chi connectivity index (χ4v) is 4.06. The Kier molecular flexibility index (Phi) is 5.31. The molecule has 3 aromatic heterocycles. The molecule has 0 aliphatic heterocycles. The lowest BCUT2D eigenvalue weighted by molar-refractivity contribution is -0.141. The third-order valence-electron chi connectivity index (χ3n) is 5.52. The molecule has 0 aliphatic rings. The number of nitrogens with zero attached hydrogens (tertiary/aromatic N) is 5. The standard InChI is InChI=1S/C24H22N6O3/c1-15(31)33-30-22-13-19-18(26-9-10-27-19)12-20(22)28-23(24(30)32)17-14-29(11-5-4-8-25)21-7-3-2-6-16(17)21/h2-3,6-7,9-10,12-14H,4-5,8,11,25H2,1H3. The van der Waals surface area contributed by atoms with Gasteiger partial charge in [0.1, 0.15) is 11.2 Å². The topological polar surface area (TPSA) is 118 Å². The highest BCUT2D eigenvalue weighted by Crippen LogP contribution is 2.29. The highest BCUT2D eigenvalue weighted by Gasteiger charge is 2.20. The minimum atomic E-state index is -0.612. The summed E-state index contributed by atoms with van der Waals surface area (Å²) in [7, 11) is 0. The molecule has 2 N–H and O–H groups in total. The van der Waals surface area contributed by atoms with E-state index in [-0.39, 0.29) is 5.69 Å². The van der Waals surface area contributed by atoms with E-state index < -0.39 is 11.5 Å². The van der Waals surface area contributed by atoms with Gasteiger partial charge < -0.3 is 15.1 Å². The largest absolute Gasteiger partial charge is 0.347 e. The molecule has 0 spiro atoms. The number of nitrogens with two attached hydrogens (primary N) is 1. The van der Waals surface area contributed by atoms with Gasteiger partial charge in [-0.05, 0) is 37.6 Å². The molecule has 5 rings (SSSR count). The molecule has 0 fully saturated rings. The van der Waals surface area contributed by atoms with Crippen LogP contribution in [0, 0.1) is 0 Å². The summed E-state index contributed by atoms with van der Waals surface area (Å²) in [5.41, 5.74) is 9.00. The number of unbranched alkanes of at least 4 members (excludes halogenated alkanes) is 1. The Labute approximate surface area is 188 Å². The first-order valence-electron chi connectivity index (χ1n) is 10.7. The maximum Gasteiger partial charge on any atom is 0.330 e. The number of benzene rings is 2. The Hall–Kier alpha value is -4.11. The van der Waals surface area contributed by atoms with E-state index in [2.05, 4.69) is 14.5 Å². The van der Waals surface area contributed by atoms with E-state index >= 15 is 0 Å². The van der Waals surface area contributed by atoms with Gasteiger partial charge in [-0.1, -0.05) is 18.2 Å². The first-order chi connectivity index (χ1) is 16.1. The zero-order valence-electron chi connectivity index (χ0n) is 18.1. The van der Waals surface area contributed by atoms with Crippen LogP contribution in [0.1, 0.15) is 19.8 Å². The monoisotopic (exact) mass is 442 g/mol. The third-order valence-corrected chi connectivity index (χ3v) is 5.52. The van der Waals surface area contributed by atoms with E-state index in [1.54, 1.807) is 24.5 Å². The van der Waals surface area contributed by atoms with Crippen molar-refractivity contribution in [2.75, 3.05) is 6.54 Å². The second kappa shape index (κ2) is 8.44. The van der Waals surface area contributed by atoms with Crippen LogP contribution in [0.15, 0.2) is 59.8 Å². The number of rotatable bonds is 6. The van der Waals surface area contributed by atoms with Gasteiger partial charge in [0.2, 0.25) is 0 Å². The van der Waals surface area contributed by atoms with E-state index in [1.807, 2.05) is 30.5 Å². The van der Waals surface area contributed by atoms with Crippen LogP contribution in [0.2, 0.25) is 0 Å². The predicted molar refractivity (Wildman–Crippen MR) is 126 cm³/mol.